The number of benzene rings is 3. The van der Waals surface area contributed by atoms with E-state index in [0.29, 0.717) is 23.3 Å². The fourth-order valence-electron chi connectivity index (χ4n) is 3.35. The molecular weight excluding hydrogens is 388 g/mol. The molecule has 154 valence electrons. The highest BCUT2D eigenvalue weighted by atomic mass is 16.6. The molecule has 0 spiro atoms. The van der Waals surface area contributed by atoms with Crippen molar-refractivity contribution in [3.63, 3.8) is 0 Å². The molecule has 0 bridgehead atoms. The number of nitro groups is 2. The van der Waals surface area contributed by atoms with E-state index in [1.54, 1.807) is 31.4 Å². The lowest BCUT2D eigenvalue weighted by Crippen LogP contribution is -2.06. The lowest BCUT2D eigenvalue weighted by Gasteiger charge is -2.13. The van der Waals surface area contributed by atoms with Crippen LogP contribution < -0.4 is 4.74 Å². The number of methoxy groups -OCH3 is 1. The highest BCUT2D eigenvalue weighted by Crippen LogP contribution is 2.31. The van der Waals surface area contributed by atoms with E-state index in [1.807, 2.05) is 24.3 Å². The average molecular weight is 408 g/mol. The zero-order chi connectivity index (χ0) is 21.7. The molecule has 0 unspecified atom stereocenters. The normalized spacial score (nSPS) is 10.6. The predicted octanol–water partition coefficient (Wildman–Crippen LogP) is 4.19. The lowest BCUT2D eigenvalue weighted by atomic mass is 9.91. The van der Waals surface area contributed by atoms with Crippen LogP contribution in [0.15, 0.2) is 60.7 Å². The summed E-state index contributed by atoms with van der Waals surface area (Å²) in [7, 11) is 1.58. The maximum atomic E-state index is 11.8. The third kappa shape index (κ3) is 4.61. The zero-order valence-corrected chi connectivity index (χ0v) is 16.3. The molecule has 3 rings (SSSR count). The molecular formula is C22H20N2O6. The Balaban J connectivity index is 2.04. The molecule has 0 atom stereocenters. The number of non-ortho nitro benzene ring substituents is 1. The summed E-state index contributed by atoms with van der Waals surface area (Å²) in [4.78, 5) is 21.7. The molecule has 30 heavy (non-hydrogen) atoms. The van der Waals surface area contributed by atoms with Gasteiger partial charge in [0, 0.05) is 24.1 Å². The summed E-state index contributed by atoms with van der Waals surface area (Å²) in [6.07, 6.45) is 0.673. The third-order valence-electron chi connectivity index (χ3n) is 4.90. The first-order valence-electron chi connectivity index (χ1n) is 9.18. The van der Waals surface area contributed by atoms with Crippen molar-refractivity contribution in [1.82, 2.24) is 0 Å². The molecule has 8 heteroatoms. The van der Waals surface area contributed by atoms with Crippen LogP contribution >= 0.6 is 0 Å². The minimum atomic E-state index is -0.492. The van der Waals surface area contributed by atoms with Crippen LogP contribution in [0.1, 0.15) is 27.8 Å². The van der Waals surface area contributed by atoms with Crippen LogP contribution in [0.25, 0.3) is 0 Å². The van der Waals surface area contributed by atoms with Crippen LogP contribution in [0.2, 0.25) is 0 Å². The van der Waals surface area contributed by atoms with Crippen molar-refractivity contribution in [1.29, 1.82) is 0 Å². The standard InChI is InChI=1S/C22H20N2O6/c1-30-20-10-4-15(5-11-20)12-17-6-7-18(14-25)22(24(28)29)21(17)13-16-2-8-19(9-3-16)23(26)27/h2-11,25H,12-14H2,1H3. The van der Waals surface area contributed by atoms with Crippen LogP contribution in [-0.2, 0) is 19.4 Å². The first-order valence-corrected chi connectivity index (χ1v) is 9.18. The van der Waals surface area contributed by atoms with E-state index in [0.717, 1.165) is 11.1 Å². The quantitative estimate of drug-likeness (QED) is 0.441. The van der Waals surface area contributed by atoms with Crippen molar-refractivity contribution in [3.05, 3.63) is 109 Å². The van der Waals surface area contributed by atoms with E-state index in [9.17, 15) is 25.3 Å². The summed E-state index contributed by atoms with van der Waals surface area (Å²) in [6.45, 7) is -0.452. The molecule has 1 N–H and O–H groups in total. The number of ether oxygens (including phenoxy) is 1. The number of rotatable bonds is 8. The van der Waals surface area contributed by atoms with E-state index in [2.05, 4.69) is 0 Å². The third-order valence-corrected chi connectivity index (χ3v) is 4.90. The van der Waals surface area contributed by atoms with Crippen molar-refractivity contribution >= 4 is 11.4 Å². The predicted molar refractivity (Wildman–Crippen MR) is 111 cm³/mol. The van der Waals surface area contributed by atoms with Gasteiger partial charge >= 0.3 is 0 Å². The monoisotopic (exact) mass is 408 g/mol. The molecule has 0 fully saturated rings. The summed E-state index contributed by atoms with van der Waals surface area (Å²) in [5, 5.41) is 32.3. The maximum Gasteiger partial charge on any atom is 0.278 e. The topological polar surface area (TPSA) is 116 Å². The summed E-state index contributed by atoms with van der Waals surface area (Å²) in [5.74, 6) is 0.714. The Morgan fingerprint density at radius 2 is 1.37 bits per heavy atom. The Bertz CT molecular complexity index is 1060. The Morgan fingerprint density at radius 1 is 0.800 bits per heavy atom. The van der Waals surface area contributed by atoms with Crippen molar-refractivity contribution in [2.45, 2.75) is 19.4 Å². The van der Waals surface area contributed by atoms with Gasteiger partial charge in [0.25, 0.3) is 11.4 Å². The lowest BCUT2D eigenvalue weighted by molar-refractivity contribution is -0.386. The highest BCUT2D eigenvalue weighted by Gasteiger charge is 2.23. The van der Waals surface area contributed by atoms with Gasteiger partial charge in [-0.25, -0.2) is 0 Å². The number of hydrogen-bond donors (Lipinski definition) is 1. The molecule has 0 radical (unpaired) electrons. The van der Waals surface area contributed by atoms with Gasteiger partial charge in [-0.2, -0.15) is 0 Å². The SMILES string of the molecule is COc1ccc(Cc2ccc(CO)c([N+](=O)[O-])c2Cc2ccc([N+](=O)[O-])cc2)cc1. The highest BCUT2D eigenvalue weighted by molar-refractivity contribution is 5.55. The van der Waals surface area contributed by atoms with Gasteiger partial charge < -0.3 is 9.84 Å². The molecule has 8 nitrogen and oxygen atoms in total. The Hall–Kier alpha value is -3.78. The summed E-state index contributed by atoms with van der Waals surface area (Å²) in [6, 6.07) is 16.7. The van der Waals surface area contributed by atoms with Crippen LogP contribution in [0.5, 0.6) is 5.75 Å². The van der Waals surface area contributed by atoms with Crippen molar-refractivity contribution in [3.8, 4) is 5.75 Å². The number of nitro benzene ring substituents is 2. The number of aliphatic hydroxyl groups is 1. The number of aliphatic hydroxyl groups excluding tert-OH is 1. The Morgan fingerprint density at radius 3 is 1.90 bits per heavy atom. The molecule has 0 aromatic heterocycles. The van der Waals surface area contributed by atoms with Gasteiger partial charge in [0.15, 0.2) is 0 Å². The van der Waals surface area contributed by atoms with Gasteiger partial charge in [-0.15, -0.1) is 0 Å². The van der Waals surface area contributed by atoms with Gasteiger partial charge in [-0.1, -0.05) is 30.3 Å². The fraction of sp³-hybridized carbons (Fsp3) is 0.182. The van der Waals surface area contributed by atoms with Crippen LogP contribution in [0.4, 0.5) is 11.4 Å². The largest absolute Gasteiger partial charge is 0.497 e. The summed E-state index contributed by atoms with van der Waals surface area (Å²) >= 11 is 0. The number of nitrogens with zero attached hydrogens (tertiary/aromatic N) is 2. The molecule has 0 saturated carbocycles. The second-order valence-corrected chi connectivity index (χ2v) is 6.75. The second kappa shape index (κ2) is 9.15. The molecule has 0 aliphatic heterocycles. The Kier molecular flexibility index (Phi) is 6.38. The molecule has 0 aliphatic rings. The van der Waals surface area contributed by atoms with Crippen molar-refractivity contribution in [2.24, 2.45) is 0 Å². The van der Waals surface area contributed by atoms with E-state index in [1.165, 1.54) is 12.1 Å². The minimum Gasteiger partial charge on any atom is -0.497 e. The zero-order valence-electron chi connectivity index (χ0n) is 16.3. The van der Waals surface area contributed by atoms with Crippen LogP contribution in [-0.4, -0.2) is 22.1 Å². The van der Waals surface area contributed by atoms with Crippen molar-refractivity contribution in [2.75, 3.05) is 7.11 Å². The molecule has 0 saturated heterocycles. The van der Waals surface area contributed by atoms with Crippen LogP contribution in [0, 0.1) is 20.2 Å². The maximum absolute atomic E-state index is 11.8. The van der Waals surface area contributed by atoms with Crippen molar-refractivity contribution < 1.29 is 19.7 Å². The van der Waals surface area contributed by atoms with E-state index in [4.69, 9.17) is 4.74 Å². The smallest absolute Gasteiger partial charge is 0.278 e. The minimum absolute atomic E-state index is 0.0455. The van der Waals surface area contributed by atoms with Gasteiger partial charge in [0.1, 0.15) is 5.75 Å². The van der Waals surface area contributed by atoms with E-state index < -0.39 is 16.5 Å². The van der Waals surface area contributed by atoms with Gasteiger partial charge in [-0.3, -0.25) is 20.2 Å². The molecule has 3 aromatic carbocycles. The van der Waals surface area contributed by atoms with Crippen LogP contribution in [0.3, 0.4) is 0 Å². The van der Waals surface area contributed by atoms with E-state index in [-0.39, 0.29) is 23.4 Å². The first kappa shape index (κ1) is 20.9. The van der Waals surface area contributed by atoms with Gasteiger partial charge in [-0.05, 0) is 41.3 Å². The van der Waals surface area contributed by atoms with Gasteiger partial charge in [0.2, 0.25) is 0 Å². The average Bonchev–Trinajstić information content (AvgIpc) is 2.75. The summed E-state index contributed by atoms with van der Waals surface area (Å²) < 4.78 is 5.16. The summed E-state index contributed by atoms with van der Waals surface area (Å²) in [5.41, 5.74) is 2.95. The van der Waals surface area contributed by atoms with E-state index >= 15 is 0 Å². The fourth-order valence-corrected chi connectivity index (χ4v) is 3.35. The Labute approximate surface area is 172 Å². The number of hydrogen-bond acceptors (Lipinski definition) is 6. The second-order valence-electron chi connectivity index (χ2n) is 6.75. The first-order chi connectivity index (χ1) is 14.4. The molecule has 0 aliphatic carbocycles. The molecule has 0 heterocycles. The molecule has 0 amide bonds. The van der Waals surface area contributed by atoms with Gasteiger partial charge in [0.05, 0.1) is 29.1 Å². The molecule has 3 aromatic rings.